The Kier molecular flexibility index (Phi) is 5.12. The lowest BCUT2D eigenvalue weighted by atomic mass is 10.0. The molecule has 0 aliphatic rings. The van der Waals surface area contributed by atoms with Gasteiger partial charge in [0.05, 0.1) is 13.7 Å². The Morgan fingerprint density at radius 3 is 2.43 bits per heavy atom. The Balaban J connectivity index is 1.90. The van der Waals surface area contributed by atoms with E-state index in [0.717, 1.165) is 28.0 Å². The first-order valence-corrected chi connectivity index (χ1v) is 6.91. The summed E-state index contributed by atoms with van der Waals surface area (Å²) in [6, 6.07) is 13.5. The normalized spacial score (nSPS) is 10.4. The number of carbonyl (C=O) groups is 1. The zero-order valence-corrected chi connectivity index (χ0v) is 12.7. The van der Waals surface area contributed by atoms with Crippen molar-refractivity contribution >= 4 is 5.78 Å². The summed E-state index contributed by atoms with van der Waals surface area (Å²) in [6.45, 7) is 4.43. The number of ketones is 1. The van der Waals surface area contributed by atoms with Crippen LogP contribution in [0.1, 0.15) is 27.0 Å². The van der Waals surface area contributed by atoms with Crippen molar-refractivity contribution in [3.8, 4) is 5.75 Å². The first kappa shape index (κ1) is 15.3. The van der Waals surface area contributed by atoms with Crippen molar-refractivity contribution in [1.29, 1.82) is 0 Å². The van der Waals surface area contributed by atoms with Gasteiger partial charge in [-0.3, -0.25) is 4.79 Å². The van der Waals surface area contributed by atoms with Gasteiger partial charge in [0.15, 0.2) is 5.78 Å². The summed E-state index contributed by atoms with van der Waals surface area (Å²) in [7, 11) is 1.63. The van der Waals surface area contributed by atoms with E-state index >= 15 is 0 Å². The number of ether oxygens (including phenoxy) is 2. The highest BCUT2D eigenvalue weighted by Crippen LogP contribution is 2.14. The van der Waals surface area contributed by atoms with Gasteiger partial charge in [0.2, 0.25) is 0 Å². The second-order valence-electron chi connectivity index (χ2n) is 5.08. The Bertz CT molecular complexity index is 615. The third-order valence-corrected chi connectivity index (χ3v) is 3.35. The fourth-order valence-electron chi connectivity index (χ4n) is 2.10. The van der Waals surface area contributed by atoms with Crippen molar-refractivity contribution in [3.05, 3.63) is 64.7 Å². The largest absolute Gasteiger partial charge is 0.497 e. The molecule has 110 valence electrons. The lowest BCUT2D eigenvalue weighted by molar-refractivity contribution is 0.0726. The van der Waals surface area contributed by atoms with E-state index in [1.165, 1.54) is 0 Å². The van der Waals surface area contributed by atoms with Crippen molar-refractivity contribution < 1.29 is 14.3 Å². The molecule has 3 heteroatoms. The maximum atomic E-state index is 12.2. The highest BCUT2D eigenvalue weighted by Gasteiger charge is 2.09. The number of carbonyl (C=O) groups excluding carboxylic acids is 1. The summed E-state index contributed by atoms with van der Waals surface area (Å²) in [5, 5.41) is 0. The van der Waals surface area contributed by atoms with Crippen LogP contribution in [0.15, 0.2) is 42.5 Å². The van der Waals surface area contributed by atoms with Crippen LogP contribution in [0, 0.1) is 13.8 Å². The van der Waals surface area contributed by atoms with Gasteiger partial charge in [0.25, 0.3) is 0 Å². The molecule has 2 aromatic carbocycles. The van der Waals surface area contributed by atoms with Crippen LogP contribution in [-0.2, 0) is 11.3 Å². The number of methoxy groups -OCH3 is 1. The lowest BCUT2D eigenvalue weighted by Crippen LogP contribution is -2.10. The molecule has 0 aromatic heterocycles. The zero-order valence-electron chi connectivity index (χ0n) is 12.7. The van der Waals surface area contributed by atoms with Gasteiger partial charge in [-0.25, -0.2) is 0 Å². The molecule has 0 unspecified atom stereocenters. The number of rotatable bonds is 6. The maximum Gasteiger partial charge on any atom is 0.188 e. The molecule has 3 nitrogen and oxygen atoms in total. The average molecular weight is 284 g/mol. The first-order chi connectivity index (χ1) is 10.1. The second kappa shape index (κ2) is 7.04. The van der Waals surface area contributed by atoms with Crippen molar-refractivity contribution in [2.45, 2.75) is 20.5 Å². The minimum Gasteiger partial charge on any atom is -0.497 e. The van der Waals surface area contributed by atoms with E-state index in [4.69, 9.17) is 9.47 Å². The molecular weight excluding hydrogens is 264 g/mol. The van der Waals surface area contributed by atoms with Gasteiger partial charge in [0, 0.05) is 5.56 Å². The van der Waals surface area contributed by atoms with Crippen LogP contribution in [0.2, 0.25) is 0 Å². The van der Waals surface area contributed by atoms with Crippen LogP contribution in [0.25, 0.3) is 0 Å². The lowest BCUT2D eigenvalue weighted by Gasteiger charge is -2.08. The fourth-order valence-corrected chi connectivity index (χ4v) is 2.10. The monoisotopic (exact) mass is 284 g/mol. The van der Waals surface area contributed by atoms with E-state index in [-0.39, 0.29) is 12.4 Å². The van der Waals surface area contributed by atoms with E-state index in [1.54, 1.807) is 7.11 Å². The quantitative estimate of drug-likeness (QED) is 0.759. The van der Waals surface area contributed by atoms with Gasteiger partial charge in [0.1, 0.15) is 12.4 Å². The highest BCUT2D eigenvalue weighted by atomic mass is 16.5. The number of benzene rings is 2. The molecule has 0 spiro atoms. The van der Waals surface area contributed by atoms with Crippen LogP contribution < -0.4 is 4.74 Å². The second-order valence-corrected chi connectivity index (χ2v) is 5.08. The van der Waals surface area contributed by atoms with Crippen molar-refractivity contribution in [2.75, 3.05) is 13.7 Å². The molecule has 0 aliphatic carbocycles. The molecule has 2 rings (SSSR count). The van der Waals surface area contributed by atoms with E-state index < -0.39 is 0 Å². The molecule has 0 amide bonds. The Labute approximate surface area is 125 Å². The third kappa shape index (κ3) is 4.17. The van der Waals surface area contributed by atoms with Crippen molar-refractivity contribution in [1.82, 2.24) is 0 Å². The van der Waals surface area contributed by atoms with Crippen LogP contribution in [0.3, 0.4) is 0 Å². The third-order valence-electron chi connectivity index (χ3n) is 3.35. The SMILES string of the molecule is COc1ccc(COCC(=O)c2cc(C)ccc2C)cc1. The molecule has 0 fully saturated rings. The summed E-state index contributed by atoms with van der Waals surface area (Å²) in [5.74, 6) is 0.829. The van der Waals surface area contributed by atoms with Crippen LogP contribution in [0.5, 0.6) is 5.75 Å². The van der Waals surface area contributed by atoms with Crippen molar-refractivity contribution in [2.24, 2.45) is 0 Å². The predicted octanol–water partition coefficient (Wildman–Crippen LogP) is 3.71. The molecular formula is C18H20O3. The van der Waals surface area contributed by atoms with Crippen LogP contribution in [0.4, 0.5) is 0 Å². The molecule has 21 heavy (non-hydrogen) atoms. The van der Waals surface area contributed by atoms with E-state index in [0.29, 0.717) is 6.61 Å². The molecule has 0 radical (unpaired) electrons. The first-order valence-electron chi connectivity index (χ1n) is 6.91. The minimum absolute atomic E-state index is 0.0183. The molecule has 0 bridgehead atoms. The summed E-state index contributed by atoms with van der Waals surface area (Å²) in [6.07, 6.45) is 0. The van der Waals surface area contributed by atoms with Gasteiger partial charge in [-0.2, -0.15) is 0 Å². The van der Waals surface area contributed by atoms with Gasteiger partial charge in [-0.15, -0.1) is 0 Å². The zero-order chi connectivity index (χ0) is 15.2. The van der Waals surface area contributed by atoms with Crippen LogP contribution >= 0.6 is 0 Å². The van der Waals surface area contributed by atoms with E-state index in [2.05, 4.69) is 0 Å². The number of hydrogen-bond acceptors (Lipinski definition) is 3. The fraction of sp³-hybridized carbons (Fsp3) is 0.278. The average Bonchev–Trinajstić information content (AvgIpc) is 2.50. The molecule has 0 aliphatic heterocycles. The molecule has 0 N–H and O–H groups in total. The van der Waals surface area contributed by atoms with Crippen LogP contribution in [-0.4, -0.2) is 19.5 Å². The number of hydrogen-bond donors (Lipinski definition) is 0. The predicted molar refractivity (Wildman–Crippen MR) is 82.9 cm³/mol. The van der Waals surface area contributed by atoms with Gasteiger partial charge >= 0.3 is 0 Å². The molecule has 0 atom stereocenters. The van der Waals surface area contributed by atoms with Crippen molar-refractivity contribution in [3.63, 3.8) is 0 Å². The van der Waals surface area contributed by atoms with Gasteiger partial charge in [-0.05, 0) is 43.2 Å². The summed E-state index contributed by atoms with van der Waals surface area (Å²) in [4.78, 5) is 12.2. The maximum absolute atomic E-state index is 12.2. The smallest absolute Gasteiger partial charge is 0.188 e. The molecule has 2 aromatic rings. The summed E-state index contributed by atoms with van der Waals surface area (Å²) in [5.41, 5.74) is 3.83. The number of Topliss-reactive ketones (excluding diaryl/α,β-unsaturated/α-hetero) is 1. The molecule has 0 saturated carbocycles. The standard InChI is InChI=1S/C18H20O3/c1-13-4-5-14(2)17(10-13)18(19)12-21-11-15-6-8-16(20-3)9-7-15/h4-10H,11-12H2,1-3H3. The minimum atomic E-state index is 0.0183. The summed E-state index contributed by atoms with van der Waals surface area (Å²) >= 11 is 0. The Hall–Kier alpha value is -2.13. The Morgan fingerprint density at radius 1 is 1.05 bits per heavy atom. The van der Waals surface area contributed by atoms with Gasteiger partial charge in [-0.1, -0.05) is 29.8 Å². The Morgan fingerprint density at radius 2 is 1.76 bits per heavy atom. The van der Waals surface area contributed by atoms with Gasteiger partial charge < -0.3 is 9.47 Å². The number of aryl methyl sites for hydroxylation is 2. The molecule has 0 heterocycles. The van der Waals surface area contributed by atoms with E-state index in [9.17, 15) is 4.79 Å². The van der Waals surface area contributed by atoms with E-state index in [1.807, 2.05) is 56.3 Å². The molecule has 0 saturated heterocycles. The highest BCUT2D eigenvalue weighted by molar-refractivity contribution is 5.98. The summed E-state index contributed by atoms with van der Waals surface area (Å²) < 4.78 is 10.6. The topological polar surface area (TPSA) is 35.5 Å².